The molecule has 1 heterocycles. The summed E-state index contributed by atoms with van der Waals surface area (Å²) in [6.45, 7) is 1.58. The van der Waals surface area contributed by atoms with E-state index in [9.17, 15) is 5.11 Å². The molecule has 1 rings (SSSR count). The van der Waals surface area contributed by atoms with Crippen LogP contribution in [0.25, 0.3) is 0 Å². The molecule has 0 unspecified atom stereocenters. The average Bonchev–Trinajstić information content (AvgIpc) is 1.97. The molecule has 5 nitrogen and oxygen atoms in total. The lowest BCUT2D eigenvalue weighted by molar-refractivity contribution is -0.247. The van der Waals surface area contributed by atoms with Crippen LogP contribution in [0.1, 0.15) is 6.92 Å². The molecule has 1 saturated heterocycles. The van der Waals surface area contributed by atoms with E-state index in [-0.39, 0.29) is 0 Å². The lowest BCUT2D eigenvalue weighted by atomic mass is 9.98. The van der Waals surface area contributed by atoms with E-state index in [1.807, 2.05) is 0 Å². The number of ether oxygens (including phenoxy) is 1. The first kappa shape index (κ1) is 8.89. The van der Waals surface area contributed by atoms with Gasteiger partial charge in [-0.3, -0.25) is 0 Å². The van der Waals surface area contributed by atoms with Crippen LogP contribution in [0.4, 0.5) is 0 Å². The fourth-order valence-electron chi connectivity index (χ4n) is 1.09. The van der Waals surface area contributed by atoms with E-state index in [1.54, 1.807) is 6.92 Å². The lowest BCUT2D eigenvalue weighted by Gasteiger charge is -2.37. The van der Waals surface area contributed by atoms with Crippen LogP contribution in [0.3, 0.4) is 0 Å². The van der Waals surface area contributed by atoms with Crippen LogP contribution in [0.15, 0.2) is 0 Å². The Hall–Kier alpha value is -0.200. The van der Waals surface area contributed by atoms with Crippen molar-refractivity contribution in [2.45, 2.75) is 37.6 Å². The number of rotatable bonds is 0. The molecule has 0 bridgehead atoms. The molecule has 1 aliphatic heterocycles. The van der Waals surface area contributed by atoms with Crippen molar-refractivity contribution in [2.24, 2.45) is 5.73 Å². The summed E-state index contributed by atoms with van der Waals surface area (Å²) in [5, 5.41) is 27.3. The summed E-state index contributed by atoms with van der Waals surface area (Å²) in [6, 6.07) is -0.839. The zero-order valence-electron chi connectivity index (χ0n) is 6.21. The highest BCUT2D eigenvalue weighted by atomic mass is 16.6. The molecule has 0 aromatic carbocycles. The summed E-state index contributed by atoms with van der Waals surface area (Å²) in [5.74, 6) is 0. The molecule has 0 spiro atoms. The summed E-state index contributed by atoms with van der Waals surface area (Å²) < 4.78 is 4.76. The van der Waals surface area contributed by atoms with Gasteiger partial charge in [0.15, 0.2) is 6.29 Å². The standard InChI is InChI=1S/C6H13NO4/c1-2-4(8)3(7)5(9)6(10)11-2/h2-6,8-10H,7H2,1H3/t2-,3-,4-,5-,6-/m1/s1. The smallest absolute Gasteiger partial charge is 0.182 e. The van der Waals surface area contributed by atoms with Crippen LogP contribution in [0.2, 0.25) is 0 Å². The largest absolute Gasteiger partial charge is 0.389 e. The van der Waals surface area contributed by atoms with Crippen molar-refractivity contribution in [3.05, 3.63) is 0 Å². The maximum Gasteiger partial charge on any atom is 0.182 e. The third-order valence-corrected chi connectivity index (χ3v) is 1.92. The lowest BCUT2D eigenvalue weighted by Crippen LogP contribution is -2.60. The van der Waals surface area contributed by atoms with Crippen LogP contribution in [-0.4, -0.2) is 46.0 Å². The van der Waals surface area contributed by atoms with E-state index in [0.717, 1.165) is 0 Å². The van der Waals surface area contributed by atoms with E-state index in [1.165, 1.54) is 0 Å². The quantitative estimate of drug-likeness (QED) is 0.324. The second-order valence-corrected chi connectivity index (χ2v) is 2.79. The van der Waals surface area contributed by atoms with Crippen molar-refractivity contribution in [2.75, 3.05) is 0 Å². The Balaban J connectivity index is 2.63. The molecule has 66 valence electrons. The minimum absolute atomic E-state index is 0.539. The van der Waals surface area contributed by atoms with Gasteiger partial charge < -0.3 is 25.8 Å². The van der Waals surface area contributed by atoms with E-state index >= 15 is 0 Å². The number of hydrogen-bond donors (Lipinski definition) is 4. The first-order valence-corrected chi connectivity index (χ1v) is 3.49. The Morgan fingerprint density at radius 3 is 2.27 bits per heavy atom. The van der Waals surface area contributed by atoms with Gasteiger partial charge in [-0.15, -0.1) is 0 Å². The van der Waals surface area contributed by atoms with Crippen molar-refractivity contribution < 1.29 is 20.1 Å². The topological polar surface area (TPSA) is 95.9 Å². The maximum absolute atomic E-state index is 9.21. The van der Waals surface area contributed by atoms with E-state index < -0.39 is 30.6 Å². The highest BCUT2D eigenvalue weighted by Crippen LogP contribution is 2.17. The third-order valence-electron chi connectivity index (χ3n) is 1.92. The number of aliphatic hydroxyl groups excluding tert-OH is 3. The molecule has 1 fully saturated rings. The molecule has 0 saturated carbocycles. The zero-order chi connectivity index (χ0) is 8.59. The number of hydrogen-bond acceptors (Lipinski definition) is 5. The summed E-state index contributed by atoms with van der Waals surface area (Å²) in [6.07, 6.45) is -3.96. The Morgan fingerprint density at radius 1 is 1.18 bits per heavy atom. The monoisotopic (exact) mass is 163 g/mol. The van der Waals surface area contributed by atoms with Crippen LogP contribution in [-0.2, 0) is 4.74 Å². The molecule has 5 atom stereocenters. The van der Waals surface area contributed by atoms with Crippen molar-refractivity contribution >= 4 is 0 Å². The normalized spacial score (nSPS) is 52.6. The molecule has 0 aliphatic carbocycles. The molecule has 5 heteroatoms. The molecule has 0 aromatic rings. The summed E-state index contributed by atoms with van der Waals surface area (Å²) in [5.41, 5.74) is 5.36. The molecule has 0 amide bonds. The molecule has 5 N–H and O–H groups in total. The summed E-state index contributed by atoms with van der Waals surface area (Å²) in [4.78, 5) is 0. The summed E-state index contributed by atoms with van der Waals surface area (Å²) >= 11 is 0. The van der Waals surface area contributed by atoms with Crippen LogP contribution in [0.5, 0.6) is 0 Å². The molecular weight excluding hydrogens is 150 g/mol. The minimum Gasteiger partial charge on any atom is -0.389 e. The molecular formula is C6H13NO4. The van der Waals surface area contributed by atoms with Crippen molar-refractivity contribution in [3.63, 3.8) is 0 Å². The maximum atomic E-state index is 9.21. The zero-order valence-corrected chi connectivity index (χ0v) is 6.21. The van der Waals surface area contributed by atoms with Gasteiger partial charge in [0.1, 0.15) is 6.10 Å². The van der Waals surface area contributed by atoms with Gasteiger partial charge in [-0.25, -0.2) is 0 Å². The fourth-order valence-corrected chi connectivity index (χ4v) is 1.09. The predicted molar refractivity (Wildman–Crippen MR) is 36.5 cm³/mol. The van der Waals surface area contributed by atoms with Gasteiger partial charge in [-0.05, 0) is 6.92 Å². The van der Waals surface area contributed by atoms with Crippen LogP contribution in [0, 0.1) is 0 Å². The van der Waals surface area contributed by atoms with Crippen LogP contribution < -0.4 is 5.73 Å². The fraction of sp³-hybridized carbons (Fsp3) is 1.00. The van der Waals surface area contributed by atoms with Gasteiger partial charge in [-0.1, -0.05) is 0 Å². The highest BCUT2D eigenvalue weighted by Gasteiger charge is 2.39. The van der Waals surface area contributed by atoms with Crippen molar-refractivity contribution in [1.82, 2.24) is 0 Å². The van der Waals surface area contributed by atoms with Crippen molar-refractivity contribution in [3.8, 4) is 0 Å². The minimum atomic E-state index is -1.29. The number of nitrogens with two attached hydrogens (primary N) is 1. The van der Waals surface area contributed by atoms with Gasteiger partial charge in [0, 0.05) is 0 Å². The van der Waals surface area contributed by atoms with E-state index in [4.69, 9.17) is 20.7 Å². The second kappa shape index (κ2) is 3.04. The Morgan fingerprint density at radius 2 is 1.73 bits per heavy atom. The molecule has 11 heavy (non-hydrogen) atoms. The molecule has 1 aliphatic rings. The second-order valence-electron chi connectivity index (χ2n) is 2.79. The Labute approximate surface area is 64.4 Å². The molecule has 0 radical (unpaired) electrons. The first-order chi connectivity index (χ1) is 5.04. The number of aliphatic hydroxyl groups is 3. The van der Waals surface area contributed by atoms with Gasteiger partial charge in [0.2, 0.25) is 0 Å². The van der Waals surface area contributed by atoms with Crippen molar-refractivity contribution in [1.29, 1.82) is 0 Å². The van der Waals surface area contributed by atoms with Gasteiger partial charge in [0.05, 0.1) is 18.2 Å². The predicted octanol–water partition coefficient (Wildman–Crippen LogP) is -2.23. The highest BCUT2D eigenvalue weighted by molar-refractivity contribution is 4.89. The van der Waals surface area contributed by atoms with Crippen LogP contribution >= 0.6 is 0 Å². The SMILES string of the molecule is C[C@H]1O[C@@H](O)[C@H](O)[C@H](N)[C@@H]1O. The molecule has 0 aromatic heterocycles. The Bertz CT molecular complexity index is 129. The average molecular weight is 163 g/mol. The first-order valence-electron chi connectivity index (χ1n) is 3.49. The summed E-state index contributed by atoms with van der Waals surface area (Å²) in [7, 11) is 0. The van der Waals surface area contributed by atoms with Gasteiger partial charge in [-0.2, -0.15) is 0 Å². The van der Waals surface area contributed by atoms with E-state index in [0.29, 0.717) is 0 Å². The van der Waals surface area contributed by atoms with Gasteiger partial charge in [0.25, 0.3) is 0 Å². The Kier molecular flexibility index (Phi) is 2.46. The van der Waals surface area contributed by atoms with Gasteiger partial charge >= 0.3 is 0 Å². The third kappa shape index (κ3) is 1.52. The van der Waals surface area contributed by atoms with E-state index in [2.05, 4.69) is 0 Å².